The second-order valence-corrected chi connectivity index (χ2v) is 10.5. The summed E-state index contributed by atoms with van der Waals surface area (Å²) in [6.45, 7) is 8.01. The number of carbonyl (C=O) groups is 3. The zero-order valence-corrected chi connectivity index (χ0v) is 22.5. The molecule has 37 heavy (non-hydrogen) atoms. The molecule has 4 N–H and O–H groups in total. The van der Waals surface area contributed by atoms with E-state index in [1.807, 2.05) is 51.1 Å². The minimum Gasteiger partial charge on any atom is -0.358 e. The number of amides is 3. The number of aromatic nitrogens is 1. The number of H-pyrrole nitrogens is 1. The lowest BCUT2D eigenvalue weighted by Crippen LogP contribution is -2.34. The highest BCUT2D eigenvalue weighted by Crippen LogP contribution is 2.36. The number of aryl methyl sites for hydroxylation is 1. The molecule has 1 atom stereocenters. The van der Waals surface area contributed by atoms with Crippen LogP contribution in [0.4, 0.5) is 0 Å². The molecule has 0 aromatic carbocycles. The molecule has 0 saturated carbocycles. The Morgan fingerprint density at radius 3 is 2.65 bits per heavy atom. The Morgan fingerprint density at radius 2 is 1.92 bits per heavy atom. The second-order valence-electron chi connectivity index (χ2n) is 10.5. The van der Waals surface area contributed by atoms with Crippen LogP contribution in [0, 0.1) is 19.8 Å². The highest BCUT2D eigenvalue weighted by atomic mass is 16.2. The molecule has 0 radical (unpaired) electrons. The number of aromatic amines is 1. The van der Waals surface area contributed by atoms with Crippen molar-refractivity contribution in [2.45, 2.75) is 46.0 Å². The first-order valence-electron chi connectivity index (χ1n) is 13.3. The molecule has 1 aliphatic carbocycles. The molecule has 9 heteroatoms. The zero-order chi connectivity index (χ0) is 26.5. The predicted octanol–water partition coefficient (Wildman–Crippen LogP) is 2.22. The molecule has 1 unspecified atom stereocenters. The molecule has 4 rings (SSSR count). The molecule has 1 aromatic rings. The second kappa shape index (κ2) is 11.9. The zero-order valence-electron chi connectivity index (χ0n) is 22.5. The molecule has 9 nitrogen and oxygen atoms in total. The molecule has 1 aromatic heterocycles. The van der Waals surface area contributed by atoms with Crippen molar-refractivity contribution < 1.29 is 14.4 Å². The number of fused-ring (bicyclic) bond motifs is 1. The number of rotatable bonds is 9. The minimum atomic E-state index is -0.157. The average molecular weight is 509 g/mol. The van der Waals surface area contributed by atoms with E-state index in [2.05, 4.69) is 25.8 Å². The van der Waals surface area contributed by atoms with Gasteiger partial charge in [-0.3, -0.25) is 14.4 Å². The fraction of sp³-hybridized carbons (Fsp3) is 0.536. The van der Waals surface area contributed by atoms with E-state index in [1.54, 1.807) is 0 Å². The summed E-state index contributed by atoms with van der Waals surface area (Å²) >= 11 is 0. The van der Waals surface area contributed by atoms with Crippen molar-refractivity contribution >= 4 is 23.8 Å². The number of hydrogen-bond acceptors (Lipinski definition) is 5. The molecule has 3 amide bonds. The maximum Gasteiger partial charge on any atom is 0.253 e. The van der Waals surface area contributed by atoms with E-state index in [4.69, 9.17) is 0 Å². The van der Waals surface area contributed by atoms with E-state index in [-0.39, 0.29) is 23.6 Å². The van der Waals surface area contributed by atoms with Crippen LogP contribution >= 0.6 is 0 Å². The maximum atomic E-state index is 12.9. The minimum absolute atomic E-state index is 0.0113. The van der Waals surface area contributed by atoms with Gasteiger partial charge in [0.25, 0.3) is 11.8 Å². The van der Waals surface area contributed by atoms with Crippen LogP contribution in [-0.4, -0.2) is 79.3 Å². The van der Waals surface area contributed by atoms with Crippen LogP contribution < -0.4 is 16.0 Å². The predicted molar refractivity (Wildman–Crippen MR) is 145 cm³/mol. The normalized spacial score (nSPS) is 20.9. The van der Waals surface area contributed by atoms with Crippen molar-refractivity contribution in [3.63, 3.8) is 0 Å². The molecule has 3 aliphatic rings. The Bertz CT molecular complexity index is 1140. The van der Waals surface area contributed by atoms with Gasteiger partial charge in [-0.2, -0.15) is 0 Å². The first-order valence-corrected chi connectivity index (χ1v) is 13.3. The van der Waals surface area contributed by atoms with Crippen molar-refractivity contribution in [2.75, 3.05) is 46.8 Å². The highest BCUT2D eigenvalue weighted by Gasteiger charge is 2.35. The van der Waals surface area contributed by atoms with Gasteiger partial charge in [-0.05, 0) is 77.7 Å². The van der Waals surface area contributed by atoms with Crippen LogP contribution in [0.2, 0.25) is 0 Å². The molecular formula is C28H40N6O3. The summed E-state index contributed by atoms with van der Waals surface area (Å²) < 4.78 is 0. The number of nitrogens with one attached hydrogen (secondary N) is 4. The molecule has 200 valence electrons. The summed E-state index contributed by atoms with van der Waals surface area (Å²) in [7, 11) is 3.93. The van der Waals surface area contributed by atoms with Gasteiger partial charge < -0.3 is 30.7 Å². The Balaban J connectivity index is 1.42. The Labute approximate surface area is 219 Å². The topological polar surface area (TPSA) is 110 Å². The molecule has 3 heterocycles. The number of allylic oxidation sites excluding steroid dienone is 4. The number of likely N-dealkylation sites (tertiary alicyclic amines) is 1. The molecule has 2 saturated heterocycles. The van der Waals surface area contributed by atoms with Gasteiger partial charge >= 0.3 is 0 Å². The van der Waals surface area contributed by atoms with Gasteiger partial charge in [0.05, 0.1) is 5.56 Å². The lowest BCUT2D eigenvalue weighted by atomic mass is 9.89. The monoisotopic (exact) mass is 508 g/mol. The van der Waals surface area contributed by atoms with Crippen LogP contribution in [0.1, 0.15) is 59.4 Å². The van der Waals surface area contributed by atoms with E-state index >= 15 is 0 Å². The van der Waals surface area contributed by atoms with Crippen LogP contribution in [0.5, 0.6) is 0 Å². The Morgan fingerprint density at radius 1 is 1.16 bits per heavy atom. The molecule has 2 aliphatic heterocycles. The standard InChI is InChI=1S/C28H40N6O3/c1-18-24(30-19(2)26(18)28(37)29-11-15-33(3)4)17-22-21-16-20(8-9-23(21)32-27(22)36)31-25(35)10-14-34-12-6-5-7-13-34/h8-9,17,21,30H,5-7,10-16H2,1-4H3,(H,29,37)(H,31,35)(H,32,36). The van der Waals surface area contributed by atoms with Crippen LogP contribution in [-0.2, 0) is 9.59 Å². The fourth-order valence-electron chi connectivity index (χ4n) is 5.31. The molecule has 0 bridgehead atoms. The number of likely N-dealkylation sites (N-methyl/N-ethyl adjacent to an activating group) is 1. The van der Waals surface area contributed by atoms with Crippen LogP contribution in [0.25, 0.3) is 6.08 Å². The Kier molecular flexibility index (Phi) is 8.66. The fourth-order valence-corrected chi connectivity index (χ4v) is 5.31. The van der Waals surface area contributed by atoms with Crippen molar-refractivity contribution in [1.82, 2.24) is 30.7 Å². The van der Waals surface area contributed by atoms with Gasteiger partial charge in [0.15, 0.2) is 0 Å². The summed E-state index contributed by atoms with van der Waals surface area (Å²) in [6.07, 6.45) is 10.3. The SMILES string of the molecule is Cc1[nH]c(C=C2C(=O)NC3=CC=C(NC(=O)CCN4CCCCC4)CC32)c(C)c1C(=O)NCCN(C)C. The first-order chi connectivity index (χ1) is 17.7. The van der Waals surface area contributed by atoms with E-state index in [9.17, 15) is 14.4 Å². The summed E-state index contributed by atoms with van der Waals surface area (Å²) in [6, 6.07) is 0. The summed E-state index contributed by atoms with van der Waals surface area (Å²) in [5.74, 6) is -0.414. The van der Waals surface area contributed by atoms with Gasteiger partial charge in [0.1, 0.15) is 0 Å². The lowest BCUT2D eigenvalue weighted by Gasteiger charge is -2.26. The van der Waals surface area contributed by atoms with E-state index in [1.165, 1.54) is 19.3 Å². The summed E-state index contributed by atoms with van der Waals surface area (Å²) in [5.41, 5.74) is 5.24. The number of piperidine rings is 1. The summed E-state index contributed by atoms with van der Waals surface area (Å²) in [5, 5.41) is 8.99. The van der Waals surface area contributed by atoms with Crippen LogP contribution in [0.15, 0.2) is 29.1 Å². The number of carbonyl (C=O) groups excluding carboxylic acids is 3. The highest BCUT2D eigenvalue weighted by molar-refractivity contribution is 6.04. The van der Waals surface area contributed by atoms with Gasteiger partial charge in [-0.25, -0.2) is 0 Å². The van der Waals surface area contributed by atoms with Crippen molar-refractivity contribution in [1.29, 1.82) is 0 Å². The largest absolute Gasteiger partial charge is 0.358 e. The third-order valence-electron chi connectivity index (χ3n) is 7.41. The summed E-state index contributed by atoms with van der Waals surface area (Å²) in [4.78, 5) is 45.9. The molecule has 0 spiro atoms. The van der Waals surface area contributed by atoms with Crippen molar-refractivity contribution in [2.24, 2.45) is 5.92 Å². The number of nitrogens with zero attached hydrogens (tertiary/aromatic N) is 2. The third-order valence-corrected chi connectivity index (χ3v) is 7.41. The Hall–Kier alpha value is -3.17. The smallest absolute Gasteiger partial charge is 0.253 e. The number of hydrogen-bond donors (Lipinski definition) is 4. The lowest BCUT2D eigenvalue weighted by molar-refractivity contribution is -0.120. The molecule has 2 fully saturated rings. The quantitative estimate of drug-likeness (QED) is 0.383. The van der Waals surface area contributed by atoms with Crippen molar-refractivity contribution in [3.05, 3.63) is 51.6 Å². The average Bonchev–Trinajstić information content (AvgIpc) is 3.32. The first kappa shape index (κ1) is 26.9. The molecular weight excluding hydrogens is 468 g/mol. The van der Waals surface area contributed by atoms with Gasteiger partial charge in [0, 0.05) is 66.7 Å². The van der Waals surface area contributed by atoms with Gasteiger partial charge in [-0.15, -0.1) is 0 Å². The van der Waals surface area contributed by atoms with E-state index in [0.717, 1.165) is 54.5 Å². The third kappa shape index (κ3) is 6.59. The van der Waals surface area contributed by atoms with Crippen LogP contribution in [0.3, 0.4) is 0 Å². The van der Waals surface area contributed by atoms with E-state index in [0.29, 0.717) is 30.5 Å². The van der Waals surface area contributed by atoms with Crippen molar-refractivity contribution in [3.8, 4) is 0 Å². The van der Waals surface area contributed by atoms with E-state index < -0.39 is 0 Å². The van der Waals surface area contributed by atoms with Gasteiger partial charge in [0.2, 0.25) is 5.91 Å². The van der Waals surface area contributed by atoms with Gasteiger partial charge in [-0.1, -0.05) is 6.42 Å². The maximum absolute atomic E-state index is 12.9.